The van der Waals surface area contributed by atoms with E-state index in [-0.39, 0.29) is 25.3 Å². The van der Waals surface area contributed by atoms with Crippen LogP contribution in [0.5, 0.6) is 0 Å². The molecule has 0 aliphatic rings. The Bertz CT molecular complexity index is 666. The maximum atomic E-state index is 11.9. The fourth-order valence-corrected chi connectivity index (χ4v) is 3.62. The summed E-state index contributed by atoms with van der Waals surface area (Å²) >= 11 is 2.88. The van der Waals surface area contributed by atoms with Crippen LogP contribution in [-0.2, 0) is 22.7 Å². The van der Waals surface area contributed by atoms with Crippen molar-refractivity contribution in [3.63, 3.8) is 0 Å². The first-order chi connectivity index (χ1) is 14.0. The molecule has 0 aliphatic heterocycles. The van der Waals surface area contributed by atoms with Gasteiger partial charge in [-0.3, -0.25) is 9.88 Å². The number of thiazole rings is 2. The second-order valence-corrected chi connectivity index (χ2v) is 8.44. The molecule has 0 saturated carbocycles. The lowest BCUT2D eigenvalue weighted by atomic mass is 10.2. The summed E-state index contributed by atoms with van der Waals surface area (Å²) in [5.41, 5.74) is 1.70. The number of amides is 2. The minimum absolute atomic E-state index is 0.104. The molecule has 2 aromatic heterocycles. The van der Waals surface area contributed by atoms with Gasteiger partial charge in [-0.05, 0) is 20.4 Å². The number of nitrogens with zero attached hydrogens (tertiary/aromatic N) is 3. The number of alkyl carbamates (subject to hydrolysis) is 2. The summed E-state index contributed by atoms with van der Waals surface area (Å²) in [4.78, 5) is 34.9. The van der Waals surface area contributed by atoms with Gasteiger partial charge in [0.15, 0.2) is 0 Å². The van der Waals surface area contributed by atoms with Crippen molar-refractivity contribution >= 4 is 34.9 Å². The highest BCUT2D eigenvalue weighted by molar-refractivity contribution is 7.09. The van der Waals surface area contributed by atoms with Gasteiger partial charge in [-0.1, -0.05) is 6.92 Å². The number of ether oxygens (including phenoxy) is 2. The molecule has 0 saturated heterocycles. The average molecular weight is 442 g/mol. The molecule has 0 aliphatic carbocycles. The molecular weight excluding hydrogens is 414 g/mol. The quantitative estimate of drug-likeness (QED) is 0.552. The summed E-state index contributed by atoms with van der Waals surface area (Å²) in [5, 5.41) is 8.23. The molecule has 29 heavy (non-hydrogen) atoms. The van der Waals surface area contributed by atoms with Crippen LogP contribution in [0.3, 0.4) is 0 Å². The summed E-state index contributed by atoms with van der Waals surface area (Å²) < 4.78 is 10.4. The predicted octanol–water partition coefficient (Wildman–Crippen LogP) is 2.85. The summed E-state index contributed by atoms with van der Waals surface area (Å²) in [6.45, 7) is 8.27. The zero-order valence-electron chi connectivity index (χ0n) is 16.8. The Morgan fingerprint density at radius 1 is 1.10 bits per heavy atom. The topological polar surface area (TPSA) is 106 Å². The molecule has 2 amide bonds. The summed E-state index contributed by atoms with van der Waals surface area (Å²) in [5.74, 6) is 0. The first-order valence-electron chi connectivity index (χ1n) is 9.31. The van der Waals surface area contributed by atoms with E-state index < -0.39 is 12.2 Å². The normalized spacial score (nSPS) is 13.0. The van der Waals surface area contributed by atoms with Crippen molar-refractivity contribution < 1.29 is 19.1 Å². The van der Waals surface area contributed by atoms with Gasteiger partial charge in [0.05, 0.1) is 10.4 Å². The van der Waals surface area contributed by atoms with Crippen molar-refractivity contribution in [2.24, 2.45) is 0 Å². The van der Waals surface area contributed by atoms with E-state index in [4.69, 9.17) is 9.47 Å². The molecule has 9 nitrogen and oxygen atoms in total. The van der Waals surface area contributed by atoms with Crippen molar-refractivity contribution in [2.45, 2.75) is 46.1 Å². The SMILES string of the molecule is CCN(C[C@@H](C)NC(=O)OCc1cncs1)C[C@@H](C)NC(=O)OCc1nccs1. The number of hydrogen-bond donors (Lipinski definition) is 2. The van der Waals surface area contributed by atoms with Crippen LogP contribution in [0, 0.1) is 0 Å². The highest BCUT2D eigenvalue weighted by Crippen LogP contribution is 2.07. The molecule has 0 aromatic carbocycles. The van der Waals surface area contributed by atoms with Crippen LogP contribution in [-0.4, -0.2) is 58.8 Å². The van der Waals surface area contributed by atoms with Crippen LogP contribution in [0.15, 0.2) is 23.3 Å². The van der Waals surface area contributed by atoms with Gasteiger partial charge in [0, 0.05) is 42.9 Å². The van der Waals surface area contributed by atoms with Gasteiger partial charge < -0.3 is 20.1 Å². The van der Waals surface area contributed by atoms with Gasteiger partial charge in [-0.15, -0.1) is 22.7 Å². The summed E-state index contributed by atoms with van der Waals surface area (Å²) in [6, 6.07) is -0.211. The molecule has 0 fully saturated rings. The number of rotatable bonds is 11. The van der Waals surface area contributed by atoms with Crippen LogP contribution in [0.25, 0.3) is 0 Å². The van der Waals surface area contributed by atoms with Crippen LogP contribution in [0.1, 0.15) is 30.7 Å². The van der Waals surface area contributed by atoms with E-state index in [9.17, 15) is 9.59 Å². The Balaban J connectivity index is 1.65. The summed E-state index contributed by atoms with van der Waals surface area (Å²) in [7, 11) is 0. The molecule has 2 atom stereocenters. The standard InChI is InChI=1S/C18H27N5O4S2/c1-4-23(8-13(2)21-17(24)26-10-15-7-19-12-29-15)9-14(3)22-18(25)27-11-16-20-5-6-28-16/h5-7,12-14H,4,8-11H2,1-3H3,(H,21,24)(H,22,25)/t13-,14-/m1/s1. The zero-order chi connectivity index (χ0) is 21.1. The number of nitrogens with one attached hydrogen (secondary N) is 2. The first kappa shape index (κ1) is 23.0. The monoisotopic (exact) mass is 441 g/mol. The van der Waals surface area contributed by atoms with E-state index in [0.29, 0.717) is 13.1 Å². The molecule has 2 rings (SSSR count). The number of aromatic nitrogens is 2. The predicted molar refractivity (Wildman–Crippen MR) is 112 cm³/mol. The number of hydrogen-bond acceptors (Lipinski definition) is 9. The second-order valence-electron chi connectivity index (χ2n) is 6.49. The molecule has 2 heterocycles. The molecule has 2 aromatic rings. The minimum atomic E-state index is -0.471. The molecule has 0 radical (unpaired) electrons. The highest BCUT2D eigenvalue weighted by Gasteiger charge is 2.16. The Labute approximate surface area is 178 Å². The Hall–Kier alpha value is -2.24. The Kier molecular flexibility index (Phi) is 9.81. The number of carbonyl (C=O) groups excluding carboxylic acids is 2. The van der Waals surface area contributed by atoms with E-state index in [0.717, 1.165) is 16.4 Å². The first-order valence-corrected chi connectivity index (χ1v) is 11.1. The van der Waals surface area contributed by atoms with Crippen molar-refractivity contribution in [3.8, 4) is 0 Å². The number of likely N-dealkylation sites (N-methyl/N-ethyl adjacent to an activating group) is 1. The van der Waals surface area contributed by atoms with Crippen molar-refractivity contribution in [2.75, 3.05) is 19.6 Å². The van der Waals surface area contributed by atoms with Crippen LogP contribution in [0.4, 0.5) is 9.59 Å². The fourth-order valence-electron chi connectivity index (χ4n) is 2.59. The van der Waals surface area contributed by atoms with Gasteiger partial charge in [-0.2, -0.15) is 0 Å². The number of carbonyl (C=O) groups is 2. The fraction of sp³-hybridized carbons (Fsp3) is 0.556. The second kappa shape index (κ2) is 12.3. The lowest BCUT2D eigenvalue weighted by Crippen LogP contribution is -2.47. The van der Waals surface area contributed by atoms with E-state index in [1.807, 2.05) is 26.2 Å². The van der Waals surface area contributed by atoms with E-state index >= 15 is 0 Å². The average Bonchev–Trinajstić information content (AvgIpc) is 3.37. The highest BCUT2D eigenvalue weighted by atomic mass is 32.1. The van der Waals surface area contributed by atoms with Gasteiger partial charge in [-0.25, -0.2) is 14.6 Å². The molecule has 11 heteroatoms. The van der Waals surface area contributed by atoms with Crippen molar-refractivity contribution in [1.82, 2.24) is 25.5 Å². The van der Waals surface area contributed by atoms with Gasteiger partial charge >= 0.3 is 12.2 Å². The molecular formula is C18H27N5O4S2. The van der Waals surface area contributed by atoms with Crippen LogP contribution < -0.4 is 10.6 Å². The van der Waals surface area contributed by atoms with Crippen LogP contribution in [0.2, 0.25) is 0 Å². The Morgan fingerprint density at radius 3 is 2.28 bits per heavy atom. The van der Waals surface area contributed by atoms with E-state index in [2.05, 4.69) is 25.5 Å². The molecule has 2 N–H and O–H groups in total. The van der Waals surface area contributed by atoms with Gasteiger partial charge in [0.25, 0.3) is 0 Å². The molecule has 0 bridgehead atoms. The maximum Gasteiger partial charge on any atom is 0.407 e. The third kappa shape index (κ3) is 9.20. The maximum absolute atomic E-state index is 11.9. The lowest BCUT2D eigenvalue weighted by molar-refractivity contribution is 0.129. The lowest BCUT2D eigenvalue weighted by Gasteiger charge is -2.27. The molecule has 160 valence electrons. The summed E-state index contributed by atoms with van der Waals surface area (Å²) in [6.07, 6.45) is 2.42. The Morgan fingerprint density at radius 2 is 1.76 bits per heavy atom. The van der Waals surface area contributed by atoms with E-state index in [1.54, 1.807) is 17.9 Å². The molecule has 0 unspecified atom stereocenters. The third-order valence-corrected chi connectivity index (χ3v) is 5.39. The largest absolute Gasteiger partial charge is 0.444 e. The van der Waals surface area contributed by atoms with E-state index in [1.165, 1.54) is 22.7 Å². The van der Waals surface area contributed by atoms with Crippen molar-refractivity contribution in [1.29, 1.82) is 0 Å². The van der Waals surface area contributed by atoms with Gasteiger partial charge in [0.2, 0.25) is 0 Å². The van der Waals surface area contributed by atoms with Gasteiger partial charge in [0.1, 0.15) is 18.2 Å². The van der Waals surface area contributed by atoms with Crippen LogP contribution >= 0.6 is 22.7 Å². The third-order valence-electron chi connectivity index (χ3n) is 3.88. The molecule has 0 spiro atoms. The minimum Gasteiger partial charge on any atom is -0.444 e. The smallest absolute Gasteiger partial charge is 0.407 e. The zero-order valence-corrected chi connectivity index (χ0v) is 18.4. The van der Waals surface area contributed by atoms with Crippen molar-refractivity contribution in [3.05, 3.63) is 33.2 Å².